The van der Waals surface area contributed by atoms with Crippen LogP contribution in [0.5, 0.6) is 0 Å². The van der Waals surface area contributed by atoms with Crippen LogP contribution in [0.1, 0.15) is 39.5 Å². The van der Waals surface area contributed by atoms with E-state index in [4.69, 9.17) is 9.84 Å². The van der Waals surface area contributed by atoms with E-state index in [0.29, 0.717) is 0 Å². The number of hydrogen-bond acceptors (Lipinski definition) is 3. The second-order valence-corrected chi connectivity index (χ2v) is 4.70. The van der Waals surface area contributed by atoms with Crippen LogP contribution in [-0.4, -0.2) is 35.7 Å². The largest absolute Gasteiger partial charge is 0.481 e. The number of carbonyl (C=O) groups excluding carboxylic acids is 1. The Morgan fingerprint density at radius 2 is 1.94 bits per heavy atom. The van der Waals surface area contributed by atoms with Crippen LogP contribution < -0.4 is 5.32 Å². The molecule has 1 aliphatic carbocycles. The lowest BCUT2D eigenvalue weighted by molar-refractivity contribution is -0.142. The first-order valence-corrected chi connectivity index (χ1v) is 6.14. The summed E-state index contributed by atoms with van der Waals surface area (Å²) in [6.45, 7) is 3.29. The van der Waals surface area contributed by atoms with Gasteiger partial charge >= 0.3 is 5.97 Å². The average Bonchev–Trinajstić information content (AvgIpc) is 2.77. The van der Waals surface area contributed by atoms with Crippen molar-refractivity contribution in [3.8, 4) is 0 Å². The van der Waals surface area contributed by atoms with Gasteiger partial charge in [0.25, 0.3) is 0 Å². The number of aliphatic carboxylic acids is 1. The van der Waals surface area contributed by atoms with Gasteiger partial charge in [-0.25, -0.2) is 0 Å². The maximum Gasteiger partial charge on any atom is 0.308 e. The van der Waals surface area contributed by atoms with Crippen molar-refractivity contribution < 1.29 is 19.4 Å². The molecule has 0 saturated heterocycles. The second-order valence-electron chi connectivity index (χ2n) is 4.70. The van der Waals surface area contributed by atoms with E-state index in [-0.39, 0.29) is 24.7 Å². The van der Waals surface area contributed by atoms with Crippen LogP contribution in [0.2, 0.25) is 0 Å². The van der Waals surface area contributed by atoms with E-state index in [1.165, 1.54) is 12.8 Å². The van der Waals surface area contributed by atoms with Crippen LogP contribution in [0.3, 0.4) is 0 Å². The fourth-order valence-electron chi connectivity index (χ4n) is 1.88. The minimum absolute atomic E-state index is 0.0291. The molecule has 17 heavy (non-hydrogen) atoms. The monoisotopic (exact) mass is 243 g/mol. The van der Waals surface area contributed by atoms with E-state index in [9.17, 15) is 9.59 Å². The molecule has 1 amide bonds. The molecule has 0 aromatic carbocycles. The lowest BCUT2D eigenvalue weighted by Gasteiger charge is -2.18. The van der Waals surface area contributed by atoms with Crippen molar-refractivity contribution in [2.75, 3.05) is 6.61 Å². The molecule has 0 bridgehead atoms. The molecule has 5 heteroatoms. The first-order valence-electron chi connectivity index (χ1n) is 6.14. The average molecular weight is 243 g/mol. The van der Waals surface area contributed by atoms with Crippen molar-refractivity contribution in [3.63, 3.8) is 0 Å². The Balaban J connectivity index is 2.21. The Morgan fingerprint density at radius 3 is 2.47 bits per heavy atom. The standard InChI is InChI=1S/C12H21NO4/c1-8(12(15)16)9(2)13-11(14)7-17-10-5-3-4-6-10/h8-10H,3-7H2,1-2H3,(H,13,14)(H,15,16). The van der Waals surface area contributed by atoms with Crippen molar-refractivity contribution in [1.82, 2.24) is 5.32 Å². The molecule has 2 atom stereocenters. The molecule has 5 nitrogen and oxygen atoms in total. The number of hydrogen-bond donors (Lipinski definition) is 2. The van der Waals surface area contributed by atoms with Crippen LogP contribution in [0.15, 0.2) is 0 Å². The van der Waals surface area contributed by atoms with Gasteiger partial charge in [0.05, 0.1) is 12.0 Å². The highest BCUT2D eigenvalue weighted by Crippen LogP contribution is 2.20. The minimum Gasteiger partial charge on any atom is -0.481 e. The van der Waals surface area contributed by atoms with Gasteiger partial charge in [-0.2, -0.15) is 0 Å². The summed E-state index contributed by atoms with van der Waals surface area (Å²) in [5, 5.41) is 11.4. The quantitative estimate of drug-likeness (QED) is 0.734. The van der Waals surface area contributed by atoms with Gasteiger partial charge in [-0.05, 0) is 26.7 Å². The summed E-state index contributed by atoms with van der Waals surface area (Å²) in [5.41, 5.74) is 0. The summed E-state index contributed by atoms with van der Waals surface area (Å²) in [6, 6.07) is -0.382. The first kappa shape index (κ1) is 14.0. The number of nitrogens with one attached hydrogen (secondary N) is 1. The van der Waals surface area contributed by atoms with E-state index in [1.54, 1.807) is 13.8 Å². The zero-order valence-corrected chi connectivity index (χ0v) is 10.4. The van der Waals surface area contributed by atoms with E-state index < -0.39 is 11.9 Å². The zero-order valence-electron chi connectivity index (χ0n) is 10.4. The van der Waals surface area contributed by atoms with Crippen LogP contribution >= 0.6 is 0 Å². The summed E-state index contributed by atoms with van der Waals surface area (Å²) in [7, 11) is 0. The van der Waals surface area contributed by atoms with E-state index >= 15 is 0 Å². The first-order chi connectivity index (χ1) is 8.00. The van der Waals surface area contributed by atoms with E-state index in [1.807, 2.05) is 0 Å². The summed E-state index contributed by atoms with van der Waals surface area (Å²) < 4.78 is 5.45. The fraction of sp³-hybridized carbons (Fsp3) is 0.833. The normalized spacial score (nSPS) is 19.9. The zero-order chi connectivity index (χ0) is 12.8. The number of ether oxygens (including phenoxy) is 1. The molecule has 1 rings (SSSR count). The third-order valence-electron chi connectivity index (χ3n) is 3.28. The Labute approximate surface area is 102 Å². The molecule has 0 heterocycles. The van der Waals surface area contributed by atoms with Gasteiger partial charge in [0.1, 0.15) is 6.61 Å². The Hall–Kier alpha value is -1.10. The van der Waals surface area contributed by atoms with Crippen molar-refractivity contribution in [2.24, 2.45) is 5.92 Å². The lowest BCUT2D eigenvalue weighted by atomic mass is 10.0. The molecule has 0 aromatic rings. The van der Waals surface area contributed by atoms with Crippen LogP contribution in [0.4, 0.5) is 0 Å². The second kappa shape index (κ2) is 6.59. The van der Waals surface area contributed by atoms with E-state index in [0.717, 1.165) is 12.8 Å². The van der Waals surface area contributed by atoms with Crippen LogP contribution in [0.25, 0.3) is 0 Å². The van der Waals surface area contributed by atoms with Gasteiger partial charge in [-0.1, -0.05) is 12.8 Å². The fourth-order valence-corrected chi connectivity index (χ4v) is 1.88. The van der Waals surface area contributed by atoms with Crippen LogP contribution in [-0.2, 0) is 14.3 Å². The smallest absolute Gasteiger partial charge is 0.308 e. The van der Waals surface area contributed by atoms with Crippen molar-refractivity contribution in [3.05, 3.63) is 0 Å². The third-order valence-corrected chi connectivity index (χ3v) is 3.28. The molecule has 1 saturated carbocycles. The van der Waals surface area contributed by atoms with Crippen molar-refractivity contribution in [2.45, 2.75) is 51.7 Å². The van der Waals surface area contributed by atoms with Gasteiger partial charge in [0.15, 0.2) is 0 Å². The van der Waals surface area contributed by atoms with Gasteiger partial charge in [-0.15, -0.1) is 0 Å². The van der Waals surface area contributed by atoms with Gasteiger partial charge in [0.2, 0.25) is 5.91 Å². The third kappa shape index (κ3) is 4.73. The minimum atomic E-state index is -0.908. The number of carboxylic acids is 1. The number of rotatable bonds is 6. The molecule has 0 aromatic heterocycles. The van der Waals surface area contributed by atoms with E-state index in [2.05, 4.69) is 5.32 Å². The Bertz CT molecular complexity index is 274. The van der Waals surface area contributed by atoms with Gasteiger partial charge < -0.3 is 15.2 Å². The van der Waals surface area contributed by atoms with Gasteiger partial charge in [0, 0.05) is 6.04 Å². The molecule has 1 aliphatic rings. The maximum atomic E-state index is 11.5. The molecular weight excluding hydrogens is 222 g/mol. The predicted octanol–water partition coefficient (Wildman–Crippen LogP) is 1.17. The number of carboxylic acid groups (broad SMARTS) is 1. The van der Waals surface area contributed by atoms with Crippen molar-refractivity contribution >= 4 is 11.9 Å². The van der Waals surface area contributed by atoms with Crippen molar-refractivity contribution in [1.29, 1.82) is 0 Å². The topological polar surface area (TPSA) is 75.6 Å². The summed E-state index contributed by atoms with van der Waals surface area (Å²) in [5.74, 6) is -1.74. The molecule has 0 aliphatic heterocycles. The molecule has 1 fully saturated rings. The molecule has 0 spiro atoms. The summed E-state index contributed by atoms with van der Waals surface area (Å²) in [4.78, 5) is 22.2. The lowest BCUT2D eigenvalue weighted by Crippen LogP contribution is -2.42. The highest BCUT2D eigenvalue weighted by molar-refractivity contribution is 5.78. The summed E-state index contributed by atoms with van der Waals surface area (Å²) in [6.07, 6.45) is 4.58. The van der Waals surface area contributed by atoms with Gasteiger partial charge in [-0.3, -0.25) is 9.59 Å². The molecule has 2 N–H and O–H groups in total. The molecule has 2 unspecified atom stereocenters. The number of carbonyl (C=O) groups is 2. The maximum absolute atomic E-state index is 11.5. The Morgan fingerprint density at radius 1 is 1.35 bits per heavy atom. The molecular formula is C12H21NO4. The Kier molecular flexibility index (Phi) is 5.41. The highest BCUT2D eigenvalue weighted by atomic mass is 16.5. The SMILES string of the molecule is CC(NC(=O)COC1CCCC1)C(C)C(=O)O. The molecule has 0 radical (unpaired) electrons. The molecule has 98 valence electrons. The summed E-state index contributed by atoms with van der Waals surface area (Å²) >= 11 is 0. The highest BCUT2D eigenvalue weighted by Gasteiger charge is 2.22. The van der Waals surface area contributed by atoms with Crippen LogP contribution in [0, 0.1) is 5.92 Å². The number of amides is 1. The predicted molar refractivity (Wildman–Crippen MR) is 62.6 cm³/mol.